The zero-order chi connectivity index (χ0) is 21.0. The van der Waals surface area contributed by atoms with Crippen molar-refractivity contribution in [2.75, 3.05) is 16.8 Å². The van der Waals surface area contributed by atoms with Gasteiger partial charge < -0.3 is 15.5 Å². The van der Waals surface area contributed by atoms with Gasteiger partial charge >= 0.3 is 6.03 Å². The first-order chi connectivity index (χ1) is 15.3. The van der Waals surface area contributed by atoms with E-state index >= 15 is 0 Å². The number of nitrogens with one attached hydrogen (secondary N) is 3. The number of para-hydroxylation sites is 1. The maximum Gasteiger partial charge on any atom is 0.319 e. The molecule has 6 nitrogen and oxygen atoms in total. The second kappa shape index (κ2) is 8.52. The van der Waals surface area contributed by atoms with Crippen LogP contribution in [-0.2, 0) is 13.0 Å². The van der Waals surface area contributed by atoms with Crippen LogP contribution < -0.4 is 15.5 Å². The summed E-state index contributed by atoms with van der Waals surface area (Å²) in [6, 6.07) is 24.8. The van der Waals surface area contributed by atoms with Crippen molar-refractivity contribution in [3.63, 3.8) is 0 Å². The van der Waals surface area contributed by atoms with Gasteiger partial charge in [0.25, 0.3) is 0 Å². The SMILES string of the molecule is O=C(NCC1CCc2ccccc2N1Cc1ccccc1)Nc1cccc2[nH]ncc12. The number of amides is 2. The van der Waals surface area contributed by atoms with Crippen LogP contribution >= 0.6 is 0 Å². The van der Waals surface area contributed by atoms with Crippen molar-refractivity contribution in [1.29, 1.82) is 0 Å². The Kier molecular flexibility index (Phi) is 5.27. The molecular weight excluding hydrogens is 386 g/mol. The third-order valence-corrected chi connectivity index (χ3v) is 5.92. The number of aromatic amines is 1. The van der Waals surface area contributed by atoms with Crippen molar-refractivity contribution in [3.8, 4) is 0 Å². The first kappa shape index (κ1) is 19.2. The minimum atomic E-state index is -0.202. The average Bonchev–Trinajstić information content (AvgIpc) is 3.29. The quantitative estimate of drug-likeness (QED) is 0.445. The summed E-state index contributed by atoms with van der Waals surface area (Å²) in [7, 11) is 0. The molecule has 1 unspecified atom stereocenters. The number of carbonyl (C=O) groups is 1. The van der Waals surface area contributed by atoms with Gasteiger partial charge in [-0.15, -0.1) is 0 Å². The Morgan fingerprint density at radius 3 is 2.77 bits per heavy atom. The fraction of sp³-hybridized carbons (Fsp3) is 0.200. The van der Waals surface area contributed by atoms with E-state index in [9.17, 15) is 4.79 Å². The van der Waals surface area contributed by atoms with Crippen LogP contribution in [0.1, 0.15) is 17.5 Å². The van der Waals surface area contributed by atoms with Gasteiger partial charge in [0.15, 0.2) is 0 Å². The summed E-state index contributed by atoms with van der Waals surface area (Å²) in [4.78, 5) is 15.1. The number of anilines is 2. The zero-order valence-electron chi connectivity index (χ0n) is 17.2. The number of fused-ring (bicyclic) bond motifs is 2. The molecule has 1 aromatic heterocycles. The minimum absolute atomic E-state index is 0.202. The second-order valence-electron chi connectivity index (χ2n) is 7.91. The molecular formula is C25H25N5O. The number of nitrogens with zero attached hydrogens (tertiary/aromatic N) is 2. The molecule has 6 heteroatoms. The number of urea groups is 1. The van der Waals surface area contributed by atoms with Crippen molar-refractivity contribution in [2.45, 2.75) is 25.4 Å². The normalized spacial score (nSPS) is 15.5. The monoisotopic (exact) mass is 411 g/mol. The molecule has 3 N–H and O–H groups in total. The molecule has 0 aliphatic carbocycles. The number of carbonyl (C=O) groups excluding carboxylic acids is 1. The molecule has 1 aliphatic heterocycles. The topological polar surface area (TPSA) is 73.1 Å². The van der Waals surface area contributed by atoms with Crippen LogP contribution in [-0.4, -0.2) is 28.8 Å². The molecule has 31 heavy (non-hydrogen) atoms. The maximum atomic E-state index is 12.7. The van der Waals surface area contributed by atoms with Crippen LogP contribution in [0.4, 0.5) is 16.2 Å². The van der Waals surface area contributed by atoms with Crippen molar-refractivity contribution in [3.05, 3.63) is 90.1 Å². The summed E-state index contributed by atoms with van der Waals surface area (Å²) >= 11 is 0. The van der Waals surface area contributed by atoms with Gasteiger partial charge in [0.2, 0.25) is 0 Å². The number of aromatic nitrogens is 2. The predicted octanol–water partition coefficient (Wildman–Crippen LogP) is 4.71. The van der Waals surface area contributed by atoms with E-state index < -0.39 is 0 Å². The maximum absolute atomic E-state index is 12.7. The third kappa shape index (κ3) is 4.10. The molecule has 0 spiro atoms. The highest BCUT2D eigenvalue weighted by Gasteiger charge is 2.26. The highest BCUT2D eigenvalue weighted by Crippen LogP contribution is 2.31. The minimum Gasteiger partial charge on any atom is -0.362 e. The number of rotatable bonds is 5. The highest BCUT2D eigenvalue weighted by molar-refractivity contribution is 6.00. The lowest BCUT2D eigenvalue weighted by Crippen LogP contribution is -2.47. The predicted molar refractivity (Wildman–Crippen MR) is 124 cm³/mol. The first-order valence-electron chi connectivity index (χ1n) is 10.6. The molecule has 0 radical (unpaired) electrons. The van der Waals surface area contributed by atoms with Crippen LogP contribution in [0.2, 0.25) is 0 Å². The average molecular weight is 412 g/mol. The number of hydrogen-bond acceptors (Lipinski definition) is 3. The van der Waals surface area contributed by atoms with Crippen LogP contribution in [0.15, 0.2) is 79.0 Å². The fourth-order valence-electron chi connectivity index (χ4n) is 4.34. The lowest BCUT2D eigenvalue weighted by molar-refractivity contribution is 0.251. The molecule has 0 saturated carbocycles. The molecule has 0 bridgehead atoms. The second-order valence-corrected chi connectivity index (χ2v) is 7.91. The van der Waals surface area contributed by atoms with Crippen LogP contribution in [0, 0.1) is 0 Å². The number of aryl methyl sites for hydroxylation is 1. The molecule has 0 saturated heterocycles. The summed E-state index contributed by atoms with van der Waals surface area (Å²) in [5.41, 5.74) is 5.54. The van der Waals surface area contributed by atoms with Gasteiger partial charge in [0.1, 0.15) is 0 Å². The van der Waals surface area contributed by atoms with E-state index in [2.05, 4.69) is 74.3 Å². The van der Waals surface area contributed by atoms with Gasteiger partial charge in [0, 0.05) is 30.2 Å². The summed E-state index contributed by atoms with van der Waals surface area (Å²) in [5.74, 6) is 0. The van der Waals surface area contributed by atoms with Crippen LogP contribution in [0.5, 0.6) is 0 Å². The smallest absolute Gasteiger partial charge is 0.319 e. The molecule has 1 aliphatic rings. The Labute approximate surface area is 181 Å². The number of hydrogen-bond donors (Lipinski definition) is 3. The molecule has 2 amide bonds. The van der Waals surface area contributed by atoms with Gasteiger partial charge in [-0.1, -0.05) is 54.6 Å². The van der Waals surface area contributed by atoms with E-state index in [0.29, 0.717) is 6.54 Å². The lowest BCUT2D eigenvalue weighted by Gasteiger charge is -2.39. The largest absolute Gasteiger partial charge is 0.362 e. The van der Waals surface area contributed by atoms with Crippen LogP contribution in [0.25, 0.3) is 10.9 Å². The van der Waals surface area contributed by atoms with E-state index in [1.807, 2.05) is 24.3 Å². The number of benzene rings is 3. The molecule has 5 rings (SSSR count). The van der Waals surface area contributed by atoms with E-state index in [1.165, 1.54) is 16.8 Å². The summed E-state index contributed by atoms with van der Waals surface area (Å²) in [6.07, 6.45) is 3.75. The molecule has 156 valence electrons. The van der Waals surface area contributed by atoms with Crippen molar-refractivity contribution < 1.29 is 4.79 Å². The Balaban J connectivity index is 1.30. The van der Waals surface area contributed by atoms with Gasteiger partial charge in [-0.2, -0.15) is 5.10 Å². The standard InChI is InChI=1S/C25H25N5O/c31-25(28-22-10-6-11-23-21(22)16-27-29-23)26-15-20-14-13-19-9-4-5-12-24(19)30(20)17-18-7-2-1-3-8-18/h1-12,16,20H,13-15,17H2,(H,27,29)(H2,26,28,31). The fourth-order valence-corrected chi connectivity index (χ4v) is 4.34. The van der Waals surface area contributed by atoms with Crippen LogP contribution in [0.3, 0.4) is 0 Å². The Morgan fingerprint density at radius 2 is 1.87 bits per heavy atom. The molecule has 1 atom stereocenters. The van der Waals surface area contributed by atoms with Gasteiger partial charge in [-0.05, 0) is 42.2 Å². The zero-order valence-corrected chi connectivity index (χ0v) is 17.2. The van der Waals surface area contributed by atoms with E-state index in [-0.39, 0.29) is 12.1 Å². The summed E-state index contributed by atoms with van der Waals surface area (Å²) in [5, 5.41) is 13.9. The summed E-state index contributed by atoms with van der Waals surface area (Å²) < 4.78 is 0. The van der Waals surface area contributed by atoms with Crippen molar-refractivity contribution in [2.24, 2.45) is 0 Å². The Hall–Kier alpha value is -3.80. The molecule has 4 aromatic rings. The van der Waals surface area contributed by atoms with E-state index in [0.717, 1.165) is 36.0 Å². The van der Waals surface area contributed by atoms with Gasteiger partial charge in [-0.25, -0.2) is 4.79 Å². The van der Waals surface area contributed by atoms with Crippen molar-refractivity contribution >= 4 is 28.3 Å². The van der Waals surface area contributed by atoms with Gasteiger partial charge in [-0.3, -0.25) is 5.10 Å². The number of H-pyrrole nitrogens is 1. The Bertz CT molecular complexity index is 1190. The molecule has 3 aromatic carbocycles. The lowest BCUT2D eigenvalue weighted by atomic mass is 9.95. The third-order valence-electron chi connectivity index (χ3n) is 5.92. The highest BCUT2D eigenvalue weighted by atomic mass is 16.2. The molecule has 0 fully saturated rings. The first-order valence-corrected chi connectivity index (χ1v) is 10.6. The van der Waals surface area contributed by atoms with E-state index in [4.69, 9.17) is 0 Å². The summed E-state index contributed by atoms with van der Waals surface area (Å²) in [6.45, 7) is 1.40. The molecule has 2 heterocycles. The van der Waals surface area contributed by atoms with E-state index in [1.54, 1.807) is 6.20 Å². The Morgan fingerprint density at radius 1 is 1.03 bits per heavy atom. The van der Waals surface area contributed by atoms with Crippen molar-refractivity contribution in [1.82, 2.24) is 15.5 Å². The van der Waals surface area contributed by atoms with Gasteiger partial charge in [0.05, 0.1) is 17.4 Å².